The normalized spacial score (nSPS) is 11.2. The van der Waals surface area contributed by atoms with E-state index in [9.17, 15) is 4.79 Å². The van der Waals surface area contributed by atoms with Gasteiger partial charge in [0.25, 0.3) is 0 Å². The van der Waals surface area contributed by atoms with Crippen LogP contribution in [0.4, 0.5) is 0 Å². The first-order valence-electron chi connectivity index (χ1n) is 6.04. The van der Waals surface area contributed by atoms with Crippen molar-refractivity contribution in [2.24, 2.45) is 5.92 Å². The number of halogens is 1. The van der Waals surface area contributed by atoms with Crippen LogP contribution in [-0.4, -0.2) is 30.3 Å². The van der Waals surface area contributed by atoms with E-state index in [4.69, 9.17) is 0 Å². The van der Waals surface area contributed by atoms with E-state index < -0.39 is 0 Å². The maximum absolute atomic E-state index is 12.0. The van der Waals surface area contributed by atoms with Gasteiger partial charge in [-0.2, -0.15) is 0 Å². The highest BCUT2D eigenvalue weighted by Gasteiger charge is 2.12. The Labute approximate surface area is 112 Å². The summed E-state index contributed by atoms with van der Waals surface area (Å²) in [5, 5.41) is 0. The fourth-order valence-corrected chi connectivity index (χ4v) is 2.02. The largest absolute Gasteiger partial charge is 0.296 e. The summed E-state index contributed by atoms with van der Waals surface area (Å²) >= 11 is 3.37. The number of Topliss-reactive ketones (excluding diaryl/α,β-unsaturated/α-hetero) is 1. The van der Waals surface area contributed by atoms with Gasteiger partial charge in [0.2, 0.25) is 0 Å². The Morgan fingerprint density at radius 1 is 1.29 bits per heavy atom. The molecule has 0 aromatic heterocycles. The van der Waals surface area contributed by atoms with E-state index in [2.05, 4.69) is 41.6 Å². The number of carbonyl (C=O) groups excluding carboxylic acids is 1. The number of likely N-dealkylation sites (N-methyl/N-ethyl adjacent to an activating group) is 1. The molecule has 0 fully saturated rings. The van der Waals surface area contributed by atoms with E-state index in [1.54, 1.807) is 0 Å². The lowest BCUT2D eigenvalue weighted by Crippen LogP contribution is -2.32. The lowest BCUT2D eigenvalue weighted by Gasteiger charge is -2.21. The molecular formula is C14H20BrNO. The molecule has 2 nitrogen and oxygen atoms in total. The molecule has 0 aliphatic heterocycles. The van der Waals surface area contributed by atoms with Crippen LogP contribution in [0.3, 0.4) is 0 Å². The zero-order chi connectivity index (χ0) is 12.8. The fraction of sp³-hybridized carbons (Fsp3) is 0.500. The number of hydrogen-bond donors (Lipinski definition) is 0. The molecule has 1 rings (SSSR count). The smallest absolute Gasteiger partial charge is 0.176 e. The molecule has 0 aliphatic rings. The molecular weight excluding hydrogens is 278 g/mol. The molecule has 0 saturated carbocycles. The van der Waals surface area contributed by atoms with Crippen LogP contribution in [0, 0.1) is 5.92 Å². The second kappa shape index (κ2) is 6.92. The molecule has 3 heteroatoms. The molecule has 0 N–H and O–H groups in total. The summed E-state index contributed by atoms with van der Waals surface area (Å²) < 4.78 is 1.00. The fourth-order valence-electron chi connectivity index (χ4n) is 1.75. The Hall–Kier alpha value is -0.670. The minimum atomic E-state index is 0.194. The van der Waals surface area contributed by atoms with Gasteiger partial charge in [0.15, 0.2) is 5.78 Å². The first-order valence-corrected chi connectivity index (χ1v) is 6.83. The van der Waals surface area contributed by atoms with Crippen LogP contribution >= 0.6 is 15.9 Å². The van der Waals surface area contributed by atoms with Gasteiger partial charge in [0, 0.05) is 16.6 Å². The van der Waals surface area contributed by atoms with Gasteiger partial charge in [0.05, 0.1) is 6.54 Å². The molecule has 0 spiro atoms. The van der Waals surface area contributed by atoms with Crippen molar-refractivity contribution in [2.75, 3.05) is 19.6 Å². The summed E-state index contributed by atoms with van der Waals surface area (Å²) in [5.74, 6) is 0.785. The van der Waals surface area contributed by atoms with Gasteiger partial charge in [-0.15, -0.1) is 0 Å². The number of rotatable bonds is 6. The monoisotopic (exact) mass is 297 g/mol. The van der Waals surface area contributed by atoms with Gasteiger partial charge in [-0.1, -0.05) is 48.8 Å². The summed E-state index contributed by atoms with van der Waals surface area (Å²) in [7, 11) is 0. The van der Waals surface area contributed by atoms with Gasteiger partial charge in [-0.05, 0) is 24.6 Å². The molecule has 0 bridgehead atoms. The second-order valence-corrected chi connectivity index (χ2v) is 5.57. The third-order valence-corrected chi connectivity index (χ3v) is 3.13. The third-order valence-electron chi connectivity index (χ3n) is 2.60. The molecule has 94 valence electrons. The maximum atomic E-state index is 12.0. The summed E-state index contributed by atoms with van der Waals surface area (Å²) in [4.78, 5) is 14.2. The zero-order valence-electron chi connectivity index (χ0n) is 10.7. The number of ketones is 1. The molecule has 1 aromatic rings. The van der Waals surface area contributed by atoms with Crippen molar-refractivity contribution in [1.82, 2.24) is 4.90 Å². The lowest BCUT2D eigenvalue weighted by molar-refractivity contribution is 0.0926. The Balaban J connectivity index is 2.61. The summed E-state index contributed by atoms with van der Waals surface area (Å²) in [6, 6.07) is 7.56. The average Bonchev–Trinajstić information content (AvgIpc) is 2.28. The van der Waals surface area contributed by atoms with E-state index >= 15 is 0 Å². The van der Waals surface area contributed by atoms with Crippen molar-refractivity contribution in [1.29, 1.82) is 0 Å². The molecule has 0 aliphatic carbocycles. The van der Waals surface area contributed by atoms with Gasteiger partial charge < -0.3 is 0 Å². The minimum absolute atomic E-state index is 0.194. The highest BCUT2D eigenvalue weighted by Crippen LogP contribution is 2.11. The van der Waals surface area contributed by atoms with Crippen molar-refractivity contribution in [3.05, 3.63) is 34.3 Å². The van der Waals surface area contributed by atoms with Crippen LogP contribution in [0.25, 0.3) is 0 Å². The molecule has 0 atom stereocenters. The molecule has 17 heavy (non-hydrogen) atoms. The van der Waals surface area contributed by atoms with Crippen LogP contribution in [0.1, 0.15) is 31.1 Å². The predicted molar refractivity (Wildman–Crippen MR) is 75.4 cm³/mol. The first-order chi connectivity index (χ1) is 8.02. The van der Waals surface area contributed by atoms with Crippen LogP contribution in [-0.2, 0) is 0 Å². The molecule has 0 heterocycles. The number of carbonyl (C=O) groups is 1. The Bertz CT molecular complexity index is 359. The van der Waals surface area contributed by atoms with E-state index in [1.807, 2.05) is 24.3 Å². The molecule has 0 unspecified atom stereocenters. The topological polar surface area (TPSA) is 20.3 Å². The van der Waals surface area contributed by atoms with Crippen molar-refractivity contribution in [3.63, 3.8) is 0 Å². The van der Waals surface area contributed by atoms with Crippen LogP contribution in [0.2, 0.25) is 0 Å². The predicted octanol–water partition coefficient (Wildman–Crippen LogP) is 3.61. The molecule has 0 saturated heterocycles. The highest BCUT2D eigenvalue weighted by molar-refractivity contribution is 9.10. The Morgan fingerprint density at radius 2 is 1.88 bits per heavy atom. The van der Waals surface area contributed by atoms with Crippen molar-refractivity contribution >= 4 is 21.7 Å². The number of benzene rings is 1. The standard InChI is InChI=1S/C14H20BrNO/c1-4-16(9-11(2)3)10-14(17)12-5-7-13(15)8-6-12/h5-8,11H,4,9-10H2,1-3H3. The highest BCUT2D eigenvalue weighted by atomic mass is 79.9. The van der Waals surface area contributed by atoms with E-state index in [0.29, 0.717) is 12.5 Å². The number of hydrogen-bond acceptors (Lipinski definition) is 2. The SMILES string of the molecule is CCN(CC(=O)c1ccc(Br)cc1)CC(C)C. The van der Waals surface area contributed by atoms with Crippen molar-refractivity contribution in [3.8, 4) is 0 Å². The molecule has 1 aromatic carbocycles. The maximum Gasteiger partial charge on any atom is 0.176 e. The Morgan fingerprint density at radius 3 is 2.35 bits per heavy atom. The lowest BCUT2D eigenvalue weighted by atomic mass is 10.1. The quantitative estimate of drug-likeness (QED) is 0.748. The van der Waals surface area contributed by atoms with Crippen molar-refractivity contribution in [2.45, 2.75) is 20.8 Å². The second-order valence-electron chi connectivity index (χ2n) is 4.65. The van der Waals surface area contributed by atoms with E-state index in [0.717, 1.165) is 23.1 Å². The van der Waals surface area contributed by atoms with Crippen LogP contribution in [0.5, 0.6) is 0 Å². The average molecular weight is 298 g/mol. The van der Waals surface area contributed by atoms with Gasteiger partial charge in [0.1, 0.15) is 0 Å². The third kappa shape index (κ3) is 5.00. The van der Waals surface area contributed by atoms with Crippen molar-refractivity contribution < 1.29 is 4.79 Å². The summed E-state index contributed by atoms with van der Waals surface area (Å²) in [6.45, 7) is 8.84. The summed E-state index contributed by atoms with van der Waals surface area (Å²) in [6.07, 6.45) is 0. The Kier molecular flexibility index (Phi) is 5.86. The van der Waals surface area contributed by atoms with E-state index in [-0.39, 0.29) is 5.78 Å². The molecule has 0 amide bonds. The van der Waals surface area contributed by atoms with Gasteiger partial charge >= 0.3 is 0 Å². The minimum Gasteiger partial charge on any atom is -0.296 e. The molecule has 0 radical (unpaired) electrons. The van der Waals surface area contributed by atoms with Gasteiger partial charge in [-0.25, -0.2) is 0 Å². The number of nitrogens with zero attached hydrogens (tertiary/aromatic N) is 1. The van der Waals surface area contributed by atoms with E-state index in [1.165, 1.54) is 0 Å². The summed E-state index contributed by atoms with van der Waals surface area (Å²) in [5.41, 5.74) is 0.787. The zero-order valence-corrected chi connectivity index (χ0v) is 12.3. The van der Waals surface area contributed by atoms with Gasteiger partial charge in [-0.3, -0.25) is 9.69 Å². The first kappa shape index (κ1) is 14.4. The van der Waals surface area contributed by atoms with Crippen LogP contribution in [0.15, 0.2) is 28.7 Å². The van der Waals surface area contributed by atoms with Crippen LogP contribution < -0.4 is 0 Å².